The Labute approximate surface area is 151 Å². The number of carbonyl (C=O) groups excluding carboxylic acids is 2. The molecule has 7 nitrogen and oxygen atoms in total. The summed E-state index contributed by atoms with van der Waals surface area (Å²) in [5.41, 5.74) is 0.483. The van der Waals surface area contributed by atoms with Gasteiger partial charge < -0.3 is 15.3 Å². The number of benzene rings is 1. The zero-order valence-electron chi connectivity index (χ0n) is 14.1. The highest BCUT2D eigenvalue weighted by molar-refractivity contribution is 6.33. The predicted molar refractivity (Wildman–Crippen MR) is 94.6 cm³/mol. The number of likely N-dealkylation sites (N-methyl/N-ethyl adjacent to an activating group) is 1. The van der Waals surface area contributed by atoms with Gasteiger partial charge in [0.1, 0.15) is 6.04 Å². The lowest BCUT2D eigenvalue weighted by Crippen LogP contribution is -2.50. The number of carbonyl (C=O) groups is 3. The lowest BCUT2D eigenvalue weighted by Gasteiger charge is -2.33. The van der Waals surface area contributed by atoms with E-state index < -0.39 is 12.0 Å². The van der Waals surface area contributed by atoms with Crippen LogP contribution < -0.4 is 5.32 Å². The van der Waals surface area contributed by atoms with Crippen LogP contribution >= 0.6 is 11.6 Å². The molecule has 1 heterocycles. The summed E-state index contributed by atoms with van der Waals surface area (Å²) in [6, 6.07) is 6.20. The van der Waals surface area contributed by atoms with Crippen molar-refractivity contribution in [1.29, 1.82) is 0 Å². The van der Waals surface area contributed by atoms with Crippen molar-refractivity contribution in [2.75, 3.05) is 32.0 Å². The Morgan fingerprint density at radius 3 is 2.72 bits per heavy atom. The summed E-state index contributed by atoms with van der Waals surface area (Å²) in [5, 5.41) is 12.3. The third-order valence-corrected chi connectivity index (χ3v) is 4.52. The summed E-state index contributed by atoms with van der Waals surface area (Å²) in [7, 11) is 1.52. The molecule has 0 spiro atoms. The normalized spacial score (nSPS) is 17.8. The standard InChI is InChI=1S/C17H22ClN3O4/c1-20(10-15(22)19-13-7-3-2-6-12(13)18)16(23)11-21-9-5-4-8-14(21)17(24)25/h2-3,6-7,14H,4-5,8-11H2,1H3,(H,19,22)(H,24,25). The molecule has 0 radical (unpaired) electrons. The Bertz CT molecular complexity index is 653. The van der Waals surface area contributed by atoms with Crippen LogP contribution in [-0.4, -0.2) is 65.4 Å². The van der Waals surface area contributed by atoms with Crippen molar-refractivity contribution in [3.05, 3.63) is 29.3 Å². The van der Waals surface area contributed by atoms with Gasteiger partial charge in [-0.3, -0.25) is 19.3 Å². The van der Waals surface area contributed by atoms with Crippen molar-refractivity contribution in [3.63, 3.8) is 0 Å². The van der Waals surface area contributed by atoms with Crippen LogP contribution in [-0.2, 0) is 14.4 Å². The summed E-state index contributed by atoms with van der Waals surface area (Å²) in [5.74, 6) is -1.56. The number of anilines is 1. The Balaban J connectivity index is 1.88. The smallest absolute Gasteiger partial charge is 0.320 e. The molecule has 0 saturated carbocycles. The molecule has 1 unspecified atom stereocenters. The van der Waals surface area contributed by atoms with Crippen LogP contribution in [0.5, 0.6) is 0 Å². The topological polar surface area (TPSA) is 90.0 Å². The van der Waals surface area contributed by atoms with Gasteiger partial charge in [-0.25, -0.2) is 0 Å². The molecule has 1 aromatic rings. The Kier molecular flexibility index (Phi) is 6.78. The number of nitrogens with one attached hydrogen (secondary N) is 1. The van der Waals surface area contributed by atoms with Gasteiger partial charge in [0.05, 0.1) is 23.8 Å². The number of rotatable bonds is 6. The average molecular weight is 368 g/mol. The van der Waals surface area contributed by atoms with Crippen LogP contribution in [0.1, 0.15) is 19.3 Å². The molecule has 1 aliphatic rings. The number of aliphatic carboxylic acids is 1. The molecule has 1 fully saturated rings. The Morgan fingerprint density at radius 2 is 2.04 bits per heavy atom. The number of amides is 2. The first kappa shape index (κ1) is 19.2. The summed E-state index contributed by atoms with van der Waals surface area (Å²) in [4.78, 5) is 38.6. The molecular weight excluding hydrogens is 346 g/mol. The Hall–Kier alpha value is -2.12. The minimum Gasteiger partial charge on any atom is -0.480 e. The molecule has 1 saturated heterocycles. The van der Waals surface area contributed by atoms with Crippen molar-refractivity contribution < 1.29 is 19.5 Å². The molecule has 2 N–H and O–H groups in total. The van der Waals surface area contributed by atoms with E-state index in [1.807, 2.05) is 0 Å². The van der Waals surface area contributed by atoms with Gasteiger partial charge in [0.2, 0.25) is 11.8 Å². The molecule has 8 heteroatoms. The predicted octanol–water partition coefficient (Wildman–Crippen LogP) is 1.68. The molecular formula is C17H22ClN3O4. The highest BCUT2D eigenvalue weighted by Gasteiger charge is 2.30. The summed E-state index contributed by atoms with van der Waals surface area (Å²) < 4.78 is 0. The van der Waals surface area contributed by atoms with Crippen molar-refractivity contribution in [2.45, 2.75) is 25.3 Å². The number of piperidine rings is 1. The summed E-state index contributed by atoms with van der Waals surface area (Å²) in [6.45, 7) is 0.435. The highest BCUT2D eigenvalue weighted by atomic mass is 35.5. The van der Waals surface area contributed by atoms with Crippen molar-refractivity contribution >= 4 is 35.1 Å². The Morgan fingerprint density at radius 1 is 1.32 bits per heavy atom. The van der Waals surface area contributed by atoms with Crippen molar-refractivity contribution in [2.24, 2.45) is 0 Å². The number of carboxylic acids is 1. The molecule has 136 valence electrons. The van der Waals surface area contributed by atoms with Crippen molar-refractivity contribution in [1.82, 2.24) is 9.80 Å². The third-order valence-electron chi connectivity index (χ3n) is 4.19. The van der Waals surface area contributed by atoms with E-state index in [2.05, 4.69) is 5.32 Å². The number of nitrogens with zero attached hydrogens (tertiary/aromatic N) is 2. The lowest BCUT2D eigenvalue weighted by molar-refractivity contribution is -0.146. The zero-order chi connectivity index (χ0) is 18.4. The molecule has 0 aliphatic carbocycles. The van der Waals surface area contributed by atoms with Gasteiger partial charge in [0.25, 0.3) is 0 Å². The van der Waals surface area contributed by atoms with Crippen LogP contribution in [0.15, 0.2) is 24.3 Å². The molecule has 2 rings (SSSR count). The maximum Gasteiger partial charge on any atom is 0.320 e. The van der Waals surface area contributed by atoms with E-state index in [9.17, 15) is 19.5 Å². The van der Waals surface area contributed by atoms with E-state index in [1.54, 1.807) is 29.2 Å². The minimum atomic E-state index is -0.911. The first-order valence-electron chi connectivity index (χ1n) is 8.13. The van der Waals surface area contributed by atoms with Crippen LogP contribution in [0.3, 0.4) is 0 Å². The summed E-state index contributed by atoms with van der Waals surface area (Å²) in [6.07, 6.45) is 2.25. The van der Waals surface area contributed by atoms with Crippen LogP contribution in [0.2, 0.25) is 5.02 Å². The van der Waals surface area contributed by atoms with Crippen LogP contribution in [0.4, 0.5) is 5.69 Å². The third kappa shape index (κ3) is 5.44. The maximum absolute atomic E-state index is 12.3. The quantitative estimate of drug-likeness (QED) is 0.798. The fourth-order valence-electron chi connectivity index (χ4n) is 2.81. The lowest BCUT2D eigenvalue weighted by atomic mass is 10.0. The zero-order valence-corrected chi connectivity index (χ0v) is 14.8. The van der Waals surface area contributed by atoms with Gasteiger partial charge in [-0.05, 0) is 31.5 Å². The summed E-state index contributed by atoms with van der Waals surface area (Å²) >= 11 is 5.98. The maximum atomic E-state index is 12.3. The van der Waals surface area contributed by atoms with Crippen molar-refractivity contribution in [3.8, 4) is 0 Å². The largest absolute Gasteiger partial charge is 0.480 e. The average Bonchev–Trinajstić information content (AvgIpc) is 2.57. The molecule has 25 heavy (non-hydrogen) atoms. The van der Waals surface area contributed by atoms with E-state index in [4.69, 9.17) is 11.6 Å². The molecule has 0 aromatic heterocycles. The number of hydrogen-bond donors (Lipinski definition) is 2. The number of likely N-dealkylation sites (tertiary alicyclic amines) is 1. The number of hydrogen-bond acceptors (Lipinski definition) is 4. The van der Waals surface area contributed by atoms with Crippen LogP contribution in [0.25, 0.3) is 0 Å². The van der Waals surface area contributed by atoms with Gasteiger partial charge in [-0.15, -0.1) is 0 Å². The van der Waals surface area contributed by atoms with E-state index in [0.717, 1.165) is 12.8 Å². The fraction of sp³-hybridized carbons (Fsp3) is 0.471. The second kappa shape index (κ2) is 8.82. The molecule has 2 amide bonds. The SMILES string of the molecule is CN(CC(=O)Nc1ccccc1Cl)C(=O)CN1CCCCC1C(=O)O. The molecule has 1 atom stereocenters. The highest BCUT2D eigenvalue weighted by Crippen LogP contribution is 2.20. The minimum absolute atomic E-state index is 0.00710. The van der Waals surface area contributed by atoms with Crippen LogP contribution in [0, 0.1) is 0 Å². The molecule has 1 aromatic carbocycles. The second-order valence-corrected chi connectivity index (χ2v) is 6.51. The second-order valence-electron chi connectivity index (χ2n) is 6.10. The van der Waals surface area contributed by atoms with Gasteiger partial charge in [0.15, 0.2) is 0 Å². The fourth-order valence-corrected chi connectivity index (χ4v) is 2.99. The van der Waals surface area contributed by atoms with E-state index in [-0.39, 0.29) is 24.9 Å². The number of carboxylic acid groups (broad SMARTS) is 1. The number of halogens is 1. The van der Waals surface area contributed by atoms with E-state index in [1.165, 1.54) is 11.9 Å². The molecule has 1 aliphatic heterocycles. The van der Waals surface area contributed by atoms with Gasteiger partial charge in [0, 0.05) is 7.05 Å². The first-order chi connectivity index (χ1) is 11.9. The van der Waals surface area contributed by atoms with Gasteiger partial charge in [-0.1, -0.05) is 30.2 Å². The molecule has 0 bridgehead atoms. The van der Waals surface area contributed by atoms with E-state index in [0.29, 0.717) is 23.7 Å². The first-order valence-corrected chi connectivity index (χ1v) is 8.51. The van der Waals surface area contributed by atoms with E-state index >= 15 is 0 Å². The number of para-hydroxylation sites is 1. The van der Waals surface area contributed by atoms with Gasteiger partial charge >= 0.3 is 5.97 Å². The monoisotopic (exact) mass is 367 g/mol. The van der Waals surface area contributed by atoms with Gasteiger partial charge in [-0.2, -0.15) is 0 Å².